The summed E-state index contributed by atoms with van der Waals surface area (Å²) in [5.74, 6) is 0.131. The van der Waals surface area contributed by atoms with Crippen molar-refractivity contribution in [2.45, 2.75) is 4.90 Å². The highest BCUT2D eigenvalue weighted by atomic mass is 32.2. The minimum atomic E-state index is -3.75. The lowest BCUT2D eigenvalue weighted by molar-refractivity contribution is 0.103. The number of thiazole rings is 2. The van der Waals surface area contributed by atoms with Gasteiger partial charge >= 0.3 is 0 Å². The number of hydrogen-bond acceptors (Lipinski definition) is 9. The molecule has 0 radical (unpaired) electrons. The Morgan fingerprint density at radius 1 is 1.00 bits per heavy atom. The quantitative estimate of drug-likeness (QED) is 0.376. The van der Waals surface area contributed by atoms with Crippen LogP contribution in [-0.2, 0) is 10.0 Å². The summed E-state index contributed by atoms with van der Waals surface area (Å²) in [5.41, 5.74) is 7.59. The van der Waals surface area contributed by atoms with Crippen LogP contribution in [0.2, 0.25) is 0 Å². The van der Waals surface area contributed by atoms with Gasteiger partial charge in [-0.25, -0.2) is 23.5 Å². The van der Waals surface area contributed by atoms with Crippen molar-refractivity contribution >= 4 is 55.1 Å². The number of nitrogens with two attached hydrogens (primary N) is 2. The molecule has 0 unspecified atom stereocenters. The van der Waals surface area contributed by atoms with E-state index in [0.717, 1.165) is 0 Å². The maximum Gasteiger partial charge on any atom is 0.238 e. The number of aromatic nitrogens is 2. The summed E-state index contributed by atoms with van der Waals surface area (Å²) >= 11 is 2.60. The first kappa shape index (κ1) is 20.2. The fourth-order valence-electron chi connectivity index (χ4n) is 2.61. The Balaban J connectivity index is 1.55. The van der Waals surface area contributed by atoms with E-state index in [1.807, 2.05) is 6.07 Å². The maximum atomic E-state index is 12.6. The predicted molar refractivity (Wildman–Crippen MR) is 119 cm³/mol. The van der Waals surface area contributed by atoms with Crippen LogP contribution in [0.5, 0.6) is 0 Å². The molecule has 4 rings (SSSR count). The minimum Gasteiger partial charge on any atom is -0.382 e. The molecule has 0 spiro atoms. The van der Waals surface area contributed by atoms with Gasteiger partial charge < -0.3 is 11.1 Å². The summed E-state index contributed by atoms with van der Waals surface area (Å²) in [5, 5.41) is 11.0. The first-order chi connectivity index (χ1) is 14.3. The first-order valence-corrected chi connectivity index (χ1v) is 11.8. The molecule has 0 aliphatic heterocycles. The SMILES string of the molecule is Nc1nc(Nc2ccc(S(N)(=O)=O)cc2)sc1-c1nc(C(=O)c2ccccc2)cs1. The van der Waals surface area contributed by atoms with Crippen molar-refractivity contribution in [2.24, 2.45) is 5.14 Å². The molecule has 0 saturated heterocycles. The van der Waals surface area contributed by atoms with E-state index in [1.54, 1.807) is 41.8 Å². The number of nitrogens with zero attached hydrogens (tertiary/aromatic N) is 2. The zero-order valence-corrected chi connectivity index (χ0v) is 17.7. The monoisotopic (exact) mass is 457 g/mol. The van der Waals surface area contributed by atoms with Gasteiger partial charge in [0.2, 0.25) is 15.8 Å². The summed E-state index contributed by atoms with van der Waals surface area (Å²) in [6.45, 7) is 0. The average Bonchev–Trinajstić information content (AvgIpc) is 3.34. The van der Waals surface area contributed by atoms with Crippen LogP contribution in [0.25, 0.3) is 9.88 Å². The molecule has 0 aliphatic carbocycles. The van der Waals surface area contributed by atoms with Gasteiger partial charge in [0.25, 0.3) is 0 Å². The van der Waals surface area contributed by atoms with Gasteiger partial charge in [0.05, 0.1) is 4.90 Å². The maximum absolute atomic E-state index is 12.6. The van der Waals surface area contributed by atoms with Crippen LogP contribution in [0.15, 0.2) is 64.9 Å². The molecule has 0 amide bonds. The van der Waals surface area contributed by atoms with Crippen LogP contribution in [0, 0.1) is 0 Å². The van der Waals surface area contributed by atoms with Crippen molar-refractivity contribution in [3.8, 4) is 9.88 Å². The Labute approximate surface area is 180 Å². The van der Waals surface area contributed by atoms with E-state index in [2.05, 4.69) is 15.3 Å². The summed E-state index contributed by atoms with van der Waals surface area (Å²) < 4.78 is 22.7. The van der Waals surface area contributed by atoms with Crippen molar-refractivity contribution < 1.29 is 13.2 Å². The average molecular weight is 458 g/mol. The molecule has 30 heavy (non-hydrogen) atoms. The fourth-order valence-corrected chi connectivity index (χ4v) is 4.93. The van der Waals surface area contributed by atoms with E-state index in [0.29, 0.717) is 32.0 Å². The van der Waals surface area contributed by atoms with Crippen molar-refractivity contribution in [2.75, 3.05) is 11.1 Å². The molecule has 2 aromatic heterocycles. The van der Waals surface area contributed by atoms with Gasteiger partial charge in [-0.2, -0.15) is 0 Å². The molecular weight excluding hydrogens is 442 g/mol. The molecule has 0 aliphatic rings. The Hall–Kier alpha value is -3.12. The Morgan fingerprint density at radius 2 is 1.70 bits per heavy atom. The smallest absolute Gasteiger partial charge is 0.238 e. The molecule has 11 heteroatoms. The molecule has 0 atom stereocenters. The molecule has 0 bridgehead atoms. The fraction of sp³-hybridized carbons (Fsp3) is 0. The van der Waals surface area contributed by atoms with Gasteiger partial charge in [-0.15, -0.1) is 11.3 Å². The van der Waals surface area contributed by atoms with Gasteiger partial charge in [0, 0.05) is 16.6 Å². The number of benzene rings is 2. The minimum absolute atomic E-state index is 0.0192. The van der Waals surface area contributed by atoms with Gasteiger partial charge in [-0.05, 0) is 24.3 Å². The highest BCUT2D eigenvalue weighted by Gasteiger charge is 2.18. The number of hydrogen-bond donors (Lipinski definition) is 3. The van der Waals surface area contributed by atoms with E-state index in [9.17, 15) is 13.2 Å². The van der Waals surface area contributed by atoms with E-state index in [1.165, 1.54) is 34.8 Å². The van der Waals surface area contributed by atoms with Crippen LogP contribution in [0.4, 0.5) is 16.6 Å². The van der Waals surface area contributed by atoms with Crippen molar-refractivity contribution in [3.63, 3.8) is 0 Å². The van der Waals surface area contributed by atoms with E-state index >= 15 is 0 Å². The number of rotatable bonds is 6. The summed E-state index contributed by atoms with van der Waals surface area (Å²) in [7, 11) is -3.75. The number of anilines is 3. The largest absolute Gasteiger partial charge is 0.382 e. The molecule has 0 saturated carbocycles. The topological polar surface area (TPSA) is 141 Å². The molecule has 5 N–H and O–H groups in total. The van der Waals surface area contributed by atoms with Crippen LogP contribution < -0.4 is 16.2 Å². The summed E-state index contributed by atoms with van der Waals surface area (Å²) in [6.07, 6.45) is 0. The van der Waals surface area contributed by atoms with E-state index < -0.39 is 10.0 Å². The third-order valence-corrected chi connectivity index (χ3v) is 6.97. The molecule has 152 valence electrons. The highest BCUT2D eigenvalue weighted by molar-refractivity contribution is 7.89. The Kier molecular flexibility index (Phi) is 5.35. The highest BCUT2D eigenvalue weighted by Crippen LogP contribution is 2.38. The van der Waals surface area contributed by atoms with Crippen molar-refractivity contribution in [3.05, 3.63) is 71.2 Å². The van der Waals surface area contributed by atoms with Crippen LogP contribution in [-0.4, -0.2) is 24.2 Å². The number of primary sulfonamides is 1. The predicted octanol–water partition coefficient (Wildman–Crippen LogP) is 3.47. The number of nitrogens with one attached hydrogen (secondary N) is 1. The van der Waals surface area contributed by atoms with Gasteiger partial charge in [-0.1, -0.05) is 41.7 Å². The second kappa shape index (κ2) is 7.95. The standard InChI is InChI=1S/C19H15N5O3S3/c20-17-16(18-23-14(10-28-18)15(25)11-4-2-1-3-5-11)29-19(24-17)22-12-6-8-13(9-7-12)30(21,26)27/h1-10H,20H2,(H,22,24)(H2,21,26,27). The number of nitrogen functional groups attached to an aromatic ring is 1. The van der Waals surface area contributed by atoms with E-state index in [-0.39, 0.29) is 16.5 Å². The molecule has 8 nitrogen and oxygen atoms in total. The molecule has 2 heterocycles. The van der Waals surface area contributed by atoms with Crippen LogP contribution >= 0.6 is 22.7 Å². The Morgan fingerprint density at radius 3 is 2.37 bits per heavy atom. The lowest BCUT2D eigenvalue weighted by Gasteiger charge is -2.03. The van der Waals surface area contributed by atoms with Gasteiger partial charge in [0.15, 0.2) is 5.13 Å². The van der Waals surface area contributed by atoms with Gasteiger partial charge in [-0.3, -0.25) is 4.79 Å². The lowest BCUT2D eigenvalue weighted by atomic mass is 10.1. The van der Waals surface area contributed by atoms with Crippen molar-refractivity contribution in [1.82, 2.24) is 9.97 Å². The second-order valence-electron chi connectivity index (χ2n) is 6.16. The van der Waals surface area contributed by atoms with Gasteiger partial charge in [0.1, 0.15) is 21.4 Å². The zero-order valence-electron chi connectivity index (χ0n) is 15.3. The molecule has 2 aromatic carbocycles. The van der Waals surface area contributed by atoms with Crippen molar-refractivity contribution in [1.29, 1.82) is 0 Å². The molecule has 4 aromatic rings. The second-order valence-corrected chi connectivity index (χ2v) is 9.58. The zero-order chi connectivity index (χ0) is 21.3. The first-order valence-electron chi connectivity index (χ1n) is 8.53. The van der Waals surface area contributed by atoms with E-state index in [4.69, 9.17) is 10.9 Å². The molecular formula is C19H15N5O3S3. The number of carbonyl (C=O) groups excluding carboxylic acids is 1. The normalized spacial score (nSPS) is 11.4. The summed E-state index contributed by atoms with van der Waals surface area (Å²) in [6, 6.07) is 14.9. The number of carbonyl (C=O) groups is 1. The van der Waals surface area contributed by atoms with Crippen LogP contribution in [0.3, 0.4) is 0 Å². The number of ketones is 1. The third-order valence-electron chi connectivity index (χ3n) is 4.05. The number of sulfonamides is 1. The summed E-state index contributed by atoms with van der Waals surface area (Å²) in [4.78, 5) is 21.9. The molecule has 0 fully saturated rings. The van der Waals surface area contributed by atoms with Crippen LogP contribution in [0.1, 0.15) is 16.1 Å². The lowest BCUT2D eigenvalue weighted by Crippen LogP contribution is -2.11. The Bertz CT molecular complexity index is 1310. The third kappa shape index (κ3) is 4.24.